The van der Waals surface area contributed by atoms with Crippen LogP contribution in [0.1, 0.15) is 57.7 Å². The molecule has 0 aliphatic carbocycles. The zero-order valence-corrected chi connectivity index (χ0v) is 14.4. The van der Waals surface area contributed by atoms with Crippen molar-refractivity contribution in [3.05, 3.63) is 35.4 Å². The van der Waals surface area contributed by atoms with Gasteiger partial charge in [0.1, 0.15) is 0 Å². The van der Waals surface area contributed by atoms with E-state index >= 15 is 0 Å². The van der Waals surface area contributed by atoms with Gasteiger partial charge in [0, 0.05) is 24.7 Å². The molecule has 0 amide bonds. The summed E-state index contributed by atoms with van der Waals surface area (Å²) in [6.45, 7) is 13.9. The lowest BCUT2D eigenvalue weighted by Crippen LogP contribution is -2.44. The van der Waals surface area contributed by atoms with Crippen LogP contribution in [-0.4, -0.2) is 30.1 Å². The monoisotopic (exact) mass is 288 g/mol. The van der Waals surface area contributed by atoms with Crippen LogP contribution in [0, 0.1) is 12.8 Å². The summed E-state index contributed by atoms with van der Waals surface area (Å²) in [5, 5.41) is 3.78. The number of aryl methyl sites for hydroxylation is 1. The molecule has 2 heteroatoms. The smallest absolute Gasteiger partial charge is 0.0475 e. The van der Waals surface area contributed by atoms with Crippen LogP contribution in [0.15, 0.2) is 24.3 Å². The van der Waals surface area contributed by atoms with E-state index < -0.39 is 0 Å². The van der Waals surface area contributed by atoms with E-state index in [1.54, 1.807) is 0 Å². The van der Waals surface area contributed by atoms with E-state index in [9.17, 15) is 0 Å². The molecule has 1 aliphatic rings. The summed E-state index contributed by atoms with van der Waals surface area (Å²) in [7, 11) is 0. The SMILES string of the molecule is CCCNC(c1ccc(C)cc1)C(C)N1CC(C)CC1C. The van der Waals surface area contributed by atoms with Crippen molar-refractivity contribution in [3.8, 4) is 0 Å². The highest BCUT2D eigenvalue weighted by molar-refractivity contribution is 5.25. The minimum atomic E-state index is 0.429. The highest BCUT2D eigenvalue weighted by atomic mass is 15.2. The second kappa shape index (κ2) is 7.42. The quantitative estimate of drug-likeness (QED) is 0.846. The van der Waals surface area contributed by atoms with Gasteiger partial charge in [0.25, 0.3) is 0 Å². The number of hydrogen-bond acceptors (Lipinski definition) is 2. The van der Waals surface area contributed by atoms with Crippen molar-refractivity contribution >= 4 is 0 Å². The Balaban J connectivity index is 2.16. The number of rotatable bonds is 6. The lowest BCUT2D eigenvalue weighted by Gasteiger charge is -2.35. The highest BCUT2D eigenvalue weighted by Gasteiger charge is 2.33. The van der Waals surface area contributed by atoms with E-state index in [2.05, 4.69) is 69.1 Å². The van der Waals surface area contributed by atoms with Crippen molar-refractivity contribution in [2.75, 3.05) is 13.1 Å². The molecule has 2 rings (SSSR count). The Morgan fingerprint density at radius 1 is 1.24 bits per heavy atom. The maximum absolute atomic E-state index is 3.78. The summed E-state index contributed by atoms with van der Waals surface area (Å²) < 4.78 is 0. The van der Waals surface area contributed by atoms with Gasteiger partial charge in [0.15, 0.2) is 0 Å². The first-order valence-corrected chi connectivity index (χ1v) is 8.58. The summed E-state index contributed by atoms with van der Waals surface area (Å²) in [6.07, 6.45) is 2.51. The van der Waals surface area contributed by atoms with Crippen LogP contribution in [-0.2, 0) is 0 Å². The highest BCUT2D eigenvalue weighted by Crippen LogP contribution is 2.30. The Morgan fingerprint density at radius 2 is 1.90 bits per heavy atom. The predicted octanol–water partition coefficient (Wildman–Crippen LogP) is 4.15. The molecule has 0 spiro atoms. The maximum Gasteiger partial charge on any atom is 0.0475 e. The fourth-order valence-electron chi connectivity index (χ4n) is 3.73. The van der Waals surface area contributed by atoms with Gasteiger partial charge in [0.05, 0.1) is 0 Å². The molecule has 1 N–H and O–H groups in total. The van der Waals surface area contributed by atoms with Crippen LogP contribution in [0.3, 0.4) is 0 Å². The minimum absolute atomic E-state index is 0.429. The first kappa shape index (κ1) is 16.5. The molecule has 4 unspecified atom stereocenters. The zero-order chi connectivity index (χ0) is 15.4. The molecule has 1 aromatic carbocycles. The molecule has 118 valence electrons. The maximum atomic E-state index is 3.78. The van der Waals surface area contributed by atoms with E-state index in [1.807, 2.05) is 0 Å². The zero-order valence-electron chi connectivity index (χ0n) is 14.4. The Labute approximate surface area is 130 Å². The average Bonchev–Trinajstić information content (AvgIpc) is 2.79. The summed E-state index contributed by atoms with van der Waals surface area (Å²) in [6, 6.07) is 10.7. The minimum Gasteiger partial charge on any atom is -0.309 e. The number of hydrogen-bond donors (Lipinski definition) is 1. The fraction of sp³-hybridized carbons (Fsp3) is 0.684. The fourth-order valence-corrected chi connectivity index (χ4v) is 3.73. The molecule has 0 saturated carbocycles. The Morgan fingerprint density at radius 3 is 2.43 bits per heavy atom. The van der Waals surface area contributed by atoms with Crippen molar-refractivity contribution in [3.63, 3.8) is 0 Å². The van der Waals surface area contributed by atoms with Gasteiger partial charge < -0.3 is 5.32 Å². The van der Waals surface area contributed by atoms with Crippen LogP contribution < -0.4 is 5.32 Å². The third kappa shape index (κ3) is 4.08. The Hall–Kier alpha value is -0.860. The summed E-state index contributed by atoms with van der Waals surface area (Å²) in [4.78, 5) is 2.69. The van der Waals surface area contributed by atoms with Crippen molar-refractivity contribution in [2.45, 2.75) is 65.6 Å². The second-order valence-electron chi connectivity index (χ2n) is 6.97. The standard InChI is InChI=1S/C19H32N2/c1-6-11-20-19(18-9-7-14(2)8-10-18)17(5)21-13-15(3)12-16(21)4/h7-10,15-17,19-20H,6,11-13H2,1-5H3. The largest absolute Gasteiger partial charge is 0.309 e. The average molecular weight is 288 g/mol. The van der Waals surface area contributed by atoms with E-state index in [4.69, 9.17) is 0 Å². The van der Waals surface area contributed by atoms with Crippen LogP contribution in [0.5, 0.6) is 0 Å². The van der Waals surface area contributed by atoms with Gasteiger partial charge in [0.2, 0.25) is 0 Å². The topological polar surface area (TPSA) is 15.3 Å². The van der Waals surface area contributed by atoms with Gasteiger partial charge in [-0.25, -0.2) is 0 Å². The van der Waals surface area contributed by atoms with Crippen molar-refractivity contribution in [1.29, 1.82) is 0 Å². The molecule has 1 aromatic rings. The molecule has 1 saturated heterocycles. The van der Waals surface area contributed by atoms with Crippen LogP contribution in [0.2, 0.25) is 0 Å². The third-order valence-corrected chi connectivity index (χ3v) is 4.89. The van der Waals surface area contributed by atoms with E-state index in [0.29, 0.717) is 18.1 Å². The molecule has 1 aliphatic heterocycles. The molecule has 0 bridgehead atoms. The van der Waals surface area contributed by atoms with Gasteiger partial charge in [-0.15, -0.1) is 0 Å². The summed E-state index contributed by atoms with van der Waals surface area (Å²) in [5.41, 5.74) is 2.76. The van der Waals surface area contributed by atoms with Gasteiger partial charge in [-0.2, -0.15) is 0 Å². The number of nitrogens with one attached hydrogen (secondary N) is 1. The van der Waals surface area contributed by atoms with Crippen molar-refractivity contribution in [2.24, 2.45) is 5.92 Å². The van der Waals surface area contributed by atoms with Crippen LogP contribution in [0.4, 0.5) is 0 Å². The molecule has 1 fully saturated rings. The van der Waals surface area contributed by atoms with Gasteiger partial charge >= 0.3 is 0 Å². The number of nitrogens with zero attached hydrogens (tertiary/aromatic N) is 1. The predicted molar refractivity (Wildman–Crippen MR) is 91.6 cm³/mol. The summed E-state index contributed by atoms with van der Waals surface area (Å²) in [5.74, 6) is 0.826. The van der Waals surface area contributed by atoms with Crippen LogP contribution in [0.25, 0.3) is 0 Å². The molecular weight excluding hydrogens is 256 g/mol. The molecule has 1 heterocycles. The number of likely N-dealkylation sites (tertiary alicyclic amines) is 1. The molecule has 2 nitrogen and oxygen atoms in total. The van der Waals surface area contributed by atoms with Crippen LogP contribution >= 0.6 is 0 Å². The molecule has 21 heavy (non-hydrogen) atoms. The first-order valence-electron chi connectivity index (χ1n) is 8.58. The molecular formula is C19H32N2. The van der Waals surface area contributed by atoms with E-state index in [0.717, 1.165) is 12.5 Å². The van der Waals surface area contributed by atoms with Gasteiger partial charge in [-0.1, -0.05) is 43.7 Å². The Kier molecular flexibility index (Phi) is 5.83. The van der Waals surface area contributed by atoms with Crippen molar-refractivity contribution < 1.29 is 0 Å². The first-order chi connectivity index (χ1) is 10.0. The van der Waals surface area contributed by atoms with E-state index in [1.165, 1.54) is 30.5 Å². The molecule has 4 atom stereocenters. The Bertz CT molecular complexity index is 426. The normalized spacial score (nSPS) is 26.0. The molecule has 0 aromatic heterocycles. The van der Waals surface area contributed by atoms with E-state index in [-0.39, 0.29) is 0 Å². The lowest BCUT2D eigenvalue weighted by molar-refractivity contribution is 0.160. The second-order valence-corrected chi connectivity index (χ2v) is 6.97. The number of benzene rings is 1. The van der Waals surface area contributed by atoms with Gasteiger partial charge in [-0.05, 0) is 51.6 Å². The van der Waals surface area contributed by atoms with Gasteiger partial charge in [-0.3, -0.25) is 4.90 Å². The molecule has 0 radical (unpaired) electrons. The lowest BCUT2D eigenvalue weighted by atomic mass is 9.97. The summed E-state index contributed by atoms with van der Waals surface area (Å²) >= 11 is 0. The van der Waals surface area contributed by atoms with Crippen molar-refractivity contribution in [1.82, 2.24) is 10.2 Å². The third-order valence-electron chi connectivity index (χ3n) is 4.89.